The van der Waals surface area contributed by atoms with Gasteiger partial charge >= 0.3 is 6.09 Å². The van der Waals surface area contributed by atoms with Crippen LogP contribution in [-0.4, -0.2) is 18.2 Å². The molecular formula is C25H20N2O3. The average molecular weight is 396 g/mol. The van der Waals surface area contributed by atoms with Gasteiger partial charge < -0.3 is 14.8 Å². The van der Waals surface area contributed by atoms with Gasteiger partial charge in [0.15, 0.2) is 6.10 Å². The molecule has 148 valence electrons. The summed E-state index contributed by atoms with van der Waals surface area (Å²) in [6.45, 7) is 0. The fourth-order valence-corrected chi connectivity index (χ4v) is 3.89. The number of hydrogen-bond donors (Lipinski definition) is 1. The molecule has 1 saturated heterocycles. The van der Waals surface area contributed by atoms with E-state index >= 15 is 0 Å². The van der Waals surface area contributed by atoms with Crippen LogP contribution in [0, 0.1) is 0 Å². The van der Waals surface area contributed by atoms with Gasteiger partial charge in [-0.25, -0.2) is 4.79 Å². The molecule has 0 spiro atoms. The lowest BCUT2D eigenvalue weighted by atomic mass is 9.94. The van der Waals surface area contributed by atoms with Crippen LogP contribution in [0.4, 0.5) is 4.79 Å². The van der Waals surface area contributed by atoms with Crippen LogP contribution in [0.3, 0.4) is 0 Å². The third kappa shape index (κ3) is 3.35. The standard InChI is InChI=1S/C25H20N2O3/c1-29-21-11-5-10-19(13-21)24-23(27-25(28)30-24)18-9-4-8-17(12-18)22-14-16-6-2-3-7-20(16)15-26-22/h2-15,23-24H,1H3,(H,27,28)/t23-,24-/m1/s1. The first-order valence-corrected chi connectivity index (χ1v) is 9.77. The Morgan fingerprint density at radius 2 is 1.70 bits per heavy atom. The second kappa shape index (κ2) is 7.52. The maximum absolute atomic E-state index is 12.1. The first-order chi connectivity index (χ1) is 14.7. The van der Waals surface area contributed by atoms with Crippen LogP contribution in [-0.2, 0) is 4.74 Å². The van der Waals surface area contributed by atoms with Gasteiger partial charge in [-0.1, -0.05) is 54.6 Å². The molecule has 5 nitrogen and oxygen atoms in total. The molecule has 1 aliphatic rings. The van der Waals surface area contributed by atoms with Gasteiger partial charge in [-0.3, -0.25) is 4.98 Å². The second-order valence-corrected chi connectivity index (χ2v) is 7.27. The molecule has 1 aliphatic heterocycles. The number of nitrogens with zero attached hydrogens (tertiary/aromatic N) is 1. The highest BCUT2D eigenvalue weighted by atomic mass is 16.6. The van der Waals surface area contributed by atoms with E-state index in [4.69, 9.17) is 9.47 Å². The molecule has 0 unspecified atom stereocenters. The number of methoxy groups -OCH3 is 1. The number of pyridine rings is 1. The molecule has 2 heterocycles. The van der Waals surface area contributed by atoms with E-state index in [0.29, 0.717) is 0 Å². The van der Waals surface area contributed by atoms with Gasteiger partial charge in [-0.15, -0.1) is 0 Å². The number of alkyl carbamates (subject to hydrolysis) is 1. The highest BCUT2D eigenvalue weighted by Gasteiger charge is 2.36. The van der Waals surface area contributed by atoms with E-state index in [1.54, 1.807) is 7.11 Å². The second-order valence-electron chi connectivity index (χ2n) is 7.27. The Bertz CT molecular complexity index is 1240. The summed E-state index contributed by atoms with van der Waals surface area (Å²) >= 11 is 0. The molecule has 1 N–H and O–H groups in total. The van der Waals surface area contributed by atoms with Gasteiger partial charge in [-0.2, -0.15) is 0 Å². The van der Waals surface area contributed by atoms with Crippen LogP contribution in [0.25, 0.3) is 22.0 Å². The van der Waals surface area contributed by atoms with Crippen molar-refractivity contribution in [3.63, 3.8) is 0 Å². The summed E-state index contributed by atoms with van der Waals surface area (Å²) in [5.74, 6) is 0.725. The van der Waals surface area contributed by atoms with E-state index in [9.17, 15) is 4.79 Å². The Balaban J connectivity index is 1.52. The minimum atomic E-state index is -0.438. The average Bonchev–Trinajstić information content (AvgIpc) is 3.20. The van der Waals surface area contributed by atoms with Crippen LogP contribution in [0.1, 0.15) is 23.3 Å². The van der Waals surface area contributed by atoms with Crippen LogP contribution in [0.5, 0.6) is 5.75 Å². The molecule has 1 aromatic heterocycles. The number of benzene rings is 3. The summed E-state index contributed by atoms with van der Waals surface area (Å²) in [6, 6.07) is 25.6. The van der Waals surface area contributed by atoms with Crippen molar-refractivity contribution >= 4 is 16.9 Å². The van der Waals surface area contributed by atoms with Crippen LogP contribution < -0.4 is 10.1 Å². The Kier molecular flexibility index (Phi) is 4.56. The number of aromatic nitrogens is 1. The van der Waals surface area contributed by atoms with E-state index in [1.165, 1.54) is 0 Å². The van der Waals surface area contributed by atoms with Gasteiger partial charge in [0.05, 0.1) is 18.8 Å². The number of nitrogens with one attached hydrogen (secondary N) is 1. The Morgan fingerprint density at radius 1 is 0.900 bits per heavy atom. The van der Waals surface area contributed by atoms with Gasteiger partial charge in [0.25, 0.3) is 0 Å². The molecular weight excluding hydrogens is 376 g/mol. The molecule has 0 radical (unpaired) electrons. The number of fused-ring (bicyclic) bond motifs is 1. The highest BCUT2D eigenvalue weighted by Crippen LogP contribution is 2.38. The summed E-state index contributed by atoms with van der Waals surface area (Å²) in [5.41, 5.74) is 3.72. The molecule has 0 saturated carbocycles. The van der Waals surface area contributed by atoms with Crippen molar-refractivity contribution in [1.29, 1.82) is 0 Å². The summed E-state index contributed by atoms with van der Waals surface area (Å²) in [5, 5.41) is 5.18. The van der Waals surface area contributed by atoms with E-state index in [1.807, 2.05) is 66.9 Å². The minimum Gasteiger partial charge on any atom is -0.497 e. The summed E-state index contributed by atoms with van der Waals surface area (Å²) in [4.78, 5) is 16.7. The minimum absolute atomic E-state index is 0.301. The van der Waals surface area contributed by atoms with Gasteiger partial charge in [0, 0.05) is 17.1 Å². The zero-order valence-electron chi connectivity index (χ0n) is 16.4. The van der Waals surface area contributed by atoms with Gasteiger partial charge in [0.2, 0.25) is 0 Å². The largest absolute Gasteiger partial charge is 0.497 e. The first kappa shape index (κ1) is 18.2. The van der Waals surface area contributed by atoms with E-state index < -0.39 is 12.2 Å². The molecule has 1 amide bonds. The number of amides is 1. The van der Waals surface area contributed by atoms with Crippen molar-refractivity contribution in [2.45, 2.75) is 12.1 Å². The lowest BCUT2D eigenvalue weighted by Crippen LogP contribution is -2.19. The van der Waals surface area contributed by atoms with E-state index in [2.05, 4.69) is 28.5 Å². The van der Waals surface area contributed by atoms with Crippen molar-refractivity contribution in [3.05, 3.63) is 96.2 Å². The summed E-state index contributed by atoms with van der Waals surface area (Å²) < 4.78 is 10.9. The molecule has 3 aromatic carbocycles. The molecule has 30 heavy (non-hydrogen) atoms. The lowest BCUT2D eigenvalue weighted by Gasteiger charge is -2.19. The predicted octanol–water partition coefficient (Wildman–Crippen LogP) is 5.43. The van der Waals surface area contributed by atoms with Gasteiger partial charge in [0.1, 0.15) is 5.75 Å². The van der Waals surface area contributed by atoms with E-state index in [-0.39, 0.29) is 6.04 Å². The van der Waals surface area contributed by atoms with Crippen molar-refractivity contribution in [3.8, 4) is 17.0 Å². The number of cyclic esters (lactones) is 1. The highest BCUT2D eigenvalue weighted by molar-refractivity contribution is 5.85. The zero-order valence-corrected chi connectivity index (χ0v) is 16.4. The fourth-order valence-electron chi connectivity index (χ4n) is 3.89. The summed E-state index contributed by atoms with van der Waals surface area (Å²) in [7, 11) is 1.62. The molecule has 4 aromatic rings. The van der Waals surface area contributed by atoms with Crippen molar-refractivity contribution < 1.29 is 14.3 Å². The SMILES string of the molecule is COc1cccc([C@H]2OC(=O)N[C@@H]2c2cccc(-c3cc4ccccc4cn3)c2)c1. The Morgan fingerprint density at radius 3 is 2.57 bits per heavy atom. The molecule has 5 rings (SSSR count). The smallest absolute Gasteiger partial charge is 0.408 e. The number of carbonyl (C=O) groups is 1. The zero-order chi connectivity index (χ0) is 20.5. The van der Waals surface area contributed by atoms with Crippen molar-refractivity contribution in [2.24, 2.45) is 0 Å². The maximum atomic E-state index is 12.1. The van der Waals surface area contributed by atoms with Crippen molar-refractivity contribution in [1.82, 2.24) is 10.3 Å². The number of ether oxygens (including phenoxy) is 2. The van der Waals surface area contributed by atoms with Crippen LogP contribution in [0.15, 0.2) is 85.1 Å². The molecule has 1 fully saturated rings. The normalized spacial score (nSPS) is 18.1. The number of carbonyl (C=O) groups excluding carboxylic acids is 1. The molecule has 0 aliphatic carbocycles. The quantitative estimate of drug-likeness (QED) is 0.499. The predicted molar refractivity (Wildman–Crippen MR) is 115 cm³/mol. The molecule has 0 bridgehead atoms. The third-order valence-corrected chi connectivity index (χ3v) is 5.40. The van der Waals surface area contributed by atoms with Crippen molar-refractivity contribution in [2.75, 3.05) is 7.11 Å². The molecule has 5 heteroatoms. The summed E-state index contributed by atoms with van der Waals surface area (Å²) in [6.07, 6.45) is 1.02. The monoisotopic (exact) mass is 396 g/mol. The lowest BCUT2D eigenvalue weighted by molar-refractivity contribution is 0.132. The number of rotatable bonds is 4. The van der Waals surface area contributed by atoms with Crippen LogP contribution in [0.2, 0.25) is 0 Å². The van der Waals surface area contributed by atoms with Crippen LogP contribution >= 0.6 is 0 Å². The third-order valence-electron chi connectivity index (χ3n) is 5.40. The number of hydrogen-bond acceptors (Lipinski definition) is 4. The Hall–Kier alpha value is -3.86. The fraction of sp³-hybridized carbons (Fsp3) is 0.120. The van der Waals surface area contributed by atoms with E-state index in [0.717, 1.165) is 38.9 Å². The Labute approximate surface area is 174 Å². The molecule has 2 atom stereocenters. The maximum Gasteiger partial charge on any atom is 0.408 e. The topological polar surface area (TPSA) is 60.5 Å². The first-order valence-electron chi connectivity index (χ1n) is 9.77. The van der Waals surface area contributed by atoms with Gasteiger partial charge in [-0.05, 0) is 40.8 Å².